The van der Waals surface area contributed by atoms with Gasteiger partial charge in [0.1, 0.15) is 0 Å². The van der Waals surface area contributed by atoms with Crippen LogP contribution in [0.4, 0.5) is 5.69 Å². The molecule has 2 rings (SSSR count). The molecule has 1 heterocycles. The van der Waals surface area contributed by atoms with Gasteiger partial charge in [0.15, 0.2) is 0 Å². The Balaban J connectivity index is 2.80. The fourth-order valence-electron chi connectivity index (χ4n) is 1.24. The van der Waals surface area contributed by atoms with Gasteiger partial charge in [0.2, 0.25) is 0 Å². The van der Waals surface area contributed by atoms with Crippen LogP contribution in [0.2, 0.25) is 0 Å². The Morgan fingerprint density at radius 2 is 2.23 bits per heavy atom. The highest BCUT2D eigenvalue weighted by molar-refractivity contribution is 14.1. The number of nitrogens with two attached hydrogens (primary N) is 1. The van der Waals surface area contributed by atoms with E-state index in [9.17, 15) is 0 Å². The van der Waals surface area contributed by atoms with Gasteiger partial charge >= 0.3 is 0 Å². The van der Waals surface area contributed by atoms with Gasteiger partial charge in [0, 0.05) is 19.5 Å². The molecule has 0 saturated heterocycles. The normalized spacial score (nSPS) is 10.9. The second kappa shape index (κ2) is 3.43. The van der Waals surface area contributed by atoms with Crippen molar-refractivity contribution in [1.29, 1.82) is 0 Å². The Morgan fingerprint density at radius 1 is 1.46 bits per heavy atom. The average Bonchev–Trinajstić information content (AvgIpc) is 2.56. The summed E-state index contributed by atoms with van der Waals surface area (Å²) >= 11 is 3.83. The zero-order valence-corrected chi connectivity index (χ0v) is 9.72. The van der Waals surface area contributed by atoms with Gasteiger partial charge in [-0.05, 0) is 40.8 Å². The van der Waals surface area contributed by atoms with Crippen LogP contribution in [0.25, 0.3) is 10.1 Å². The molecule has 2 nitrogen and oxygen atoms in total. The predicted molar refractivity (Wildman–Crippen MR) is 64.9 cm³/mol. The minimum Gasteiger partial charge on any atom is -0.398 e. The van der Waals surface area contributed by atoms with E-state index < -0.39 is 0 Å². The molecule has 2 aromatic rings. The molecule has 1 aromatic heterocycles. The lowest BCUT2D eigenvalue weighted by atomic mass is 10.2. The van der Waals surface area contributed by atoms with Crippen molar-refractivity contribution in [2.75, 3.05) is 5.73 Å². The van der Waals surface area contributed by atoms with Crippen LogP contribution < -0.4 is 5.73 Å². The van der Waals surface area contributed by atoms with Crippen LogP contribution in [-0.2, 0) is 6.61 Å². The summed E-state index contributed by atoms with van der Waals surface area (Å²) in [6, 6.07) is 5.89. The summed E-state index contributed by atoms with van der Waals surface area (Å²) in [5, 5.41) is 10.1. The number of aliphatic hydroxyl groups is 1. The lowest BCUT2D eigenvalue weighted by molar-refractivity contribution is 0.285. The first kappa shape index (κ1) is 9.23. The first-order chi connectivity index (χ1) is 6.22. The van der Waals surface area contributed by atoms with Gasteiger partial charge in [-0.25, -0.2) is 0 Å². The van der Waals surface area contributed by atoms with E-state index in [1.807, 2.05) is 18.2 Å². The van der Waals surface area contributed by atoms with Crippen molar-refractivity contribution >= 4 is 49.7 Å². The minimum absolute atomic E-state index is 0.0921. The molecule has 1 aromatic carbocycles. The van der Waals surface area contributed by atoms with Crippen LogP contribution >= 0.6 is 33.9 Å². The van der Waals surface area contributed by atoms with Crippen LogP contribution in [0.15, 0.2) is 18.2 Å². The molecule has 0 spiro atoms. The maximum atomic E-state index is 8.99. The van der Waals surface area contributed by atoms with E-state index in [4.69, 9.17) is 10.8 Å². The number of halogens is 1. The summed E-state index contributed by atoms with van der Waals surface area (Å²) in [4.78, 5) is 0.964. The fraction of sp³-hybridized carbons (Fsp3) is 0.111. The number of anilines is 1. The molecule has 3 N–H and O–H groups in total. The SMILES string of the molecule is Nc1ccc(I)c2cc(CO)sc12. The quantitative estimate of drug-likeness (QED) is 0.628. The Labute approximate surface area is 93.5 Å². The van der Waals surface area contributed by atoms with Gasteiger partial charge in [-0.2, -0.15) is 0 Å². The number of hydrogen-bond acceptors (Lipinski definition) is 3. The van der Waals surface area contributed by atoms with Crippen molar-refractivity contribution in [2.24, 2.45) is 0 Å². The van der Waals surface area contributed by atoms with Crippen molar-refractivity contribution in [1.82, 2.24) is 0 Å². The van der Waals surface area contributed by atoms with Crippen LogP contribution in [0.3, 0.4) is 0 Å². The van der Waals surface area contributed by atoms with E-state index in [1.54, 1.807) is 11.3 Å². The molecule has 68 valence electrons. The van der Waals surface area contributed by atoms with Gasteiger partial charge < -0.3 is 10.8 Å². The Bertz CT molecular complexity index is 413. The van der Waals surface area contributed by atoms with E-state index in [1.165, 1.54) is 3.57 Å². The maximum Gasteiger partial charge on any atom is 0.0774 e. The van der Waals surface area contributed by atoms with E-state index >= 15 is 0 Å². The fourth-order valence-corrected chi connectivity index (χ4v) is 3.00. The molecule has 4 heteroatoms. The Kier molecular flexibility index (Phi) is 2.44. The Hall–Kier alpha value is -0.330. The standard InChI is InChI=1S/C9H8INOS/c10-7-1-2-8(11)9-6(7)3-5(4-12)13-9/h1-3,12H,4,11H2. The molecule has 0 aliphatic heterocycles. The molecule has 0 atom stereocenters. The lowest BCUT2D eigenvalue weighted by Crippen LogP contribution is -1.84. The smallest absolute Gasteiger partial charge is 0.0774 e. The van der Waals surface area contributed by atoms with Crippen LogP contribution in [0.5, 0.6) is 0 Å². The summed E-state index contributed by atoms with van der Waals surface area (Å²) in [5.41, 5.74) is 6.61. The molecule has 0 fully saturated rings. The molecule has 0 radical (unpaired) electrons. The zero-order valence-electron chi connectivity index (χ0n) is 6.75. The summed E-state index contributed by atoms with van der Waals surface area (Å²) in [6.07, 6.45) is 0. The second-order valence-corrected chi connectivity index (χ2v) is 5.05. The highest BCUT2D eigenvalue weighted by Crippen LogP contribution is 2.33. The third kappa shape index (κ3) is 1.53. The molecule has 0 aliphatic carbocycles. The molecular weight excluding hydrogens is 297 g/mol. The molecule has 0 saturated carbocycles. The Morgan fingerprint density at radius 3 is 2.85 bits per heavy atom. The number of fused-ring (bicyclic) bond motifs is 1. The lowest BCUT2D eigenvalue weighted by Gasteiger charge is -1.96. The van der Waals surface area contributed by atoms with Crippen molar-refractivity contribution in [3.8, 4) is 0 Å². The highest BCUT2D eigenvalue weighted by Gasteiger charge is 2.06. The van der Waals surface area contributed by atoms with Crippen molar-refractivity contribution in [3.05, 3.63) is 26.6 Å². The molecule has 13 heavy (non-hydrogen) atoms. The van der Waals surface area contributed by atoms with Gasteiger partial charge in [-0.15, -0.1) is 11.3 Å². The highest BCUT2D eigenvalue weighted by atomic mass is 127. The second-order valence-electron chi connectivity index (χ2n) is 2.75. The van der Waals surface area contributed by atoms with E-state index in [0.717, 1.165) is 20.7 Å². The number of benzene rings is 1. The van der Waals surface area contributed by atoms with Crippen LogP contribution in [-0.4, -0.2) is 5.11 Å². The van der Waals surface area contributed by atoms with Crippen molar-refractivity contribution in [3.63, 3.8) is 0 Å². The third-order valence-electron chi connectivity index (χ3n) is 1.87. The van der Waals surface area contributed by atoms with Crippen molar-refractivity contribution < 1.29 is 5.11 Å². The van der Waals surface area contributed by atoms with Gasteiger partial charge in [-0.1, -0.05) is 0 Å². The third-order valence-corrected chi connectivity index (χ3v) is 3.98. The summed E-state index contributed by atoms with van der Waals surface area (Å²) in [7, 11) is 0. The predicted octanol–water partition coefficient (Wildman–Crippen LogP) is 2.58. The average molecular weight is 305 g/mol. The number of nitrogen functional groups attached to an aromatic ring is 1. The topological polar surface area (TPSA) is 46.2 Å². The molecule has 0 bridgehead atoms. The van der Waals surface area contributed by atoms with Gasteiger partial charge in [0.05, 0.1) is 11.3 Å². The van der Waals surface area contributed by atoms with Crippen LogP contribution in [0, 0.1) is 3.57 Å². The van der Waals surface area contributed by atoms with Gasteiger partial charge in [-0.3, -0.25) is 0 Å². The number of rotatable bonds is 1. The van der Waals surface area contributed by atoms with Crippen LogP contribution in [0.1, 0.15) is 4.88 Å². The minimum atomic E-state index is 0.0921. The summed E-state index contributed by atoms with van der Waals surface area (Å²) < 4.78 is 2.26. The van der Waals surface area contributed by atoms with E-state index in [2.05, 4.69) is 22.6 Å². The molecule has 0 unspecified atom stereocenters. The molecule has 0 amide bonds. The van der Waals surface area contributed by atoms with E-state index in [-0.39, 0.29) is 6.61 Å². The first-order valence-electron chi connectivity index (χ1n) is 3.79. The number of aliphatic hydroxyl groups excluding tert-OH is 1. The number of hydrogen-bond donors (Lipinski definition) is 2. The maximum absolute atomic E-state index is 8.99. The number of thiophene rings is 1. The van der Waals surface area contributed by atoms with Gasteiger partial charge in [0.25, 0.3) is 0 Å². The summed E-state index contributed by atoms with van der Waals surface area (Å²) in [5.74, 6) is 0. The zero-order chi connectivity index (χ0) is 9.42. The van der Waals surface area contributed by atoms with Crippen molar-refractivity contribution in [2.45, 2.75) is 6.61 Å². The van der Waals surface area contributed by atoms with E-state index in [0.29, 0.717) is 0 Å². The molecular formula is C9H8INOS. The monoisotopic (exact) mass is 305 g/mol. The first-order valence-corrected chi connectivity index (χ1v) is 5.69. The summed E-state index contributed by atoms with van der Waals surface area (Å²) in [6.45, 7) is 0.0921. The molecule has 0 aliphatic rings. The largest absolute Gasteiger partial charge is 0.398 e.